The van der Waals surface area contributed by atoms with Crippen molar-refractivity contribution in [2.75, 3.05) is 6.61 Å². The van der Waals surface area contributed by atoms with Crippen LogP contribution in [-0.2, 0) is 11.3 Å². The topological polar surface area (TPSA) is 47.6 Å². The van der Waals surface area contributed by atoms with Crippen molar-refractivity contribution >= 4 is 5.91 Å². The lowest BCUT2D eigenvalue weighted by Crippen LogP contribution is -2.28. The molecule has 1 N–H and O–H groups in total. The monoisotopic (exact) mass is 355 g/mol. The van der Waals surface area contributed by atoms with Crippen LogP contribution in [0.4, 0.5) is 0 Å². The van der Waals surface area contributed by atoms with Gasteiger partial charge in [-0.2, -0.15) is 0 Å². The third-order valence-corrected chi connectivity index (χ3v) is 3.91. The highest BCUT2D eigenvalue weighted by Crippen LogP contribution is 2.27. The van der Waals surface area contributed by atoms with Crippen LogP contribution in [0.25, 0.3) is 0 Å². The number of carbonyl (C=O) groups is 1. The molecule has 2 aromatic rings. The molecule has 0 aromatic heterocycles. The van der Waals surface area contributed by atoms with E-state index >= 15 is 0 Å². The Labute approximate surface area is 156 Å². The number of ether oxygens (including phenoxy) is 2. The molecule has 4 heteroatoms. The molecule has 0 spiro atoms. The van der Waals surface area contributed by atoms with Gasteiger partial charge in [0.1, 0.15) is 11.5 Å². The highest BCUT2D eigenvalue weighted by atomic mass is 16.5. The Hall–Kier alpha value is -2.49. The fourth-order valence-electron chi connectivity index (χ4n) is 2.64. The van der Waals surface area contributed by atoms with E-state index in [2.05, 4.69) is 31.3 Å². The van der Waals surface area contributed by atoms with Crippen LogP contribution in [0.2, 0.25) is 0 Å². The molecule has 4 nitrogen and oxygen atoms in total. The summed E-state index contributed by atoms with van der Waals surface area (Å²) in [5.74, 6) is 1.79. The van der Waals surface area contributed by atoms with Crippen LogP contribution in [0.1, 0.15) is 50.3 Å². The smallest absolute Gasteiger partial charge is 0.258 e. The molecule has 0 radical (unpaired) electrons. The Bertz CT molecular complexity index is 738. The SMILES string of the molecule is Cc1ccc(C(C)C)c(OCC(=O)NCc2cccc(OC(C)C)c2)c1. The highest BCUT2D eigenvalue weighted by molar-refractivity contribution is 5.77. The fourth-order valence-corrected chi connectivity index (χ4v) is 2.64. The molecule has 1 amide bonds. The number of hydrogen-bond donors (Lipinski definition) is 1. The van der Waals surface area contributed by atoms with Crippen LogP contribution >= 0.6 is 0 Å². The molecule has 26 heavy (non-hydrogen) atoms. The van der Waals surface area contributed by atoms with Crippen LogP contribution in [0.3, 0.4) is 0 Å². The zero-order valence-electron chi connectivity index (χ0n) is 16.3. The maximum atomic E-state index is 12.2. The minimum Gasteiger partial charge on any atom is -0.491 e. The van der Waals surface area contributed by atoms with Crippen molar-refractivity contribution in [3.8, 4) is 11.5 Å². The van der Waals surface area contributed by atoms with E-state index in [1.807, 2.05) is 51.1 Å². The quantitative estimate of drug-likeness (QED) is 0.753. The second kappa shape index (κ2) is 9.27. The minimum atomic E-state index is -0.142. The van der Waals surface area contributed by atoms with Gasteiger partial charge in [-0.05, 0) is 61.6 Å². The molecule has 0 bridgehead atoms. The third kappa shape index (κ3) is 6.10. The predicted molar refractivity (Wildman–Crippen MR) is 105 cm³/mol. The first-order valence-corrected chi connectivity index (χ1v) is 9.10. The van der Waals surface area contributed by atoms with Crippen molar-refractivity contribution in [2.45, 2.75) is 53.2 Å². The zero-order valence-corrected chi connectivity index (χ0v) is 16.3. The first-order chi connectivity index (χ1) is 12.3. The molecule has 0 atom stereocenters. The summed E-state index contributed by atoms with van der Waals surface area (Å²) in [6.07, 6.45) is 0.123. The summed E-state index contributed by atoms with van der Waals surface area (Å²) in [6.45, 7) is 10.7. The number of carbonyl (C=O) groups excluding carboxylic acids is 1. The Morgan fingerprint density at radius 1 is 1.08 bits per heavy atom. The zero-order chi connectivity index (χ0) is 19.1. The van der Waals surface area contributed by atoms with E-state index in [-0.39, 0.29) is 18.6 Å². The van der Waals surface area contributed by atoms with E-state index in [0.29, 0.717) is 12.5 Å². The number of aryl methyl sites for hydroxylation is 1. The second-order valence-electron chi connectivity index (χ2n) is 7.08. The molecule has 0 aliphatic rings. The molecule has 0 fully saturated rings. The van der Waals surface area contributed by atoms with Crippen LogP contribution in [0, 0.1) is 6.92 Å². The Morgan fingerprint density at radius 2 is 1.85 bits per heavy atom. The summed E-state index contributed by atoms with van der Waals surface area (Å²) in [5.41, 5.74) is 3.23. The minimum absolute atomic E-state index is 0.00532. The lowest BCUT2D eigenvalue weighted by atomic mass is 10.0. The Kier molecular flexibility index (Phi) is 7.07. The molecule has 2 aromatic carbocycles. The highest BCUT2D eigenvalue weighted by Gasteiger charge is 2.10. The average Bonchev–Trinajstić information content (AvgIpc) is 2.57. The van der Waals surface area contributed by atoms with E-state index in [4.69, 9.17) is 9.47 Å². The van der Waals surface area contributed by atoms with E-state index in [1.54, 1.807) is 0 Å². The summed E-state index contributed by atoms with van der Waals surface area (Å²) >= 11 is 0. The average molecular weight is 355 g/mol. The van der Waals surface area contributed by atoms with Gasteiger partial charge in [0.25, 0.3) is 5.91 Å². The molecular weight excluding hydrogens is 326 g/mol. The molecule has 140 valence electrons. The van der Waals surface area contributed by atoms with Crippen molar-refractivity contribution in [1.29, 1.82) is 0 Å². The van der Waals surface area contributed by atoms with Gasteiger partial charge >= 0.3 is 0 Å². The molecule has 0 saturated heterocycles. The first kappa shape index (κ1) is 19.8. The maximum absolute atomic E-state index is 12.2. The molecule has 0 unspecified atom stereocenters. The number of nitrogens with one attached hydrogen (secondary N) is 1. The lowest BCUT2D eigenvalue weighted by Gasteiger charge is -2.15. The van der Waals surface area contributed by atoms with Gasteiger partial charge in [-0.1, -0.05) is 38.1 Å². The normalized spacial score (nSPS) is 10.9. The fraction of sp³-hybridized carbons (Fsp3) is 0.409. The molecule has 0 aliphatic carbocycles. The van der Waals surface area contributed by atoms with Gasteiger partial charge in [-0.15, -0.1) is 0 Å². The van der Waals surface area contributed by atoms with Crippen LogP contribution < -0.4 is 14.8 Å². The molecule has 2 rings (SSSR count). The van der Waals surface area contributed by atoms with Crippen molar-refractivity contribution in [2.24, 2.45) is 0 Å². The van der Waals surface area contributed by atoms with E-state index in [9.17, 15) is 4.79 Å². The summed E-state index contributed by atoms with van der Waals surface area (Å²) < 4.78 is 11.4. The Morgan fingerprint density at radius 3 is 2.54 bits per heavy atom. The molecule has 0 heterocycles. The van der Waals surface area contributed by atoms with Gasteiger partial charge in [0, 0.05) is 6.54 Å². The standard InChI is InChI=1S/C22H29NO3/c1-15(2)20-10-9-17(5)11-21(20)25-14-22(24)23-13-18-7-6-8-19(12-18)26-16(3)4/h6-12,15-16H,13-14H2,1-5H3,(H,23,24). The van der Waals surface area contributed by atoms with Crippen LogP contribution in [0.15, 0.2) is 42.5 Å². The number of amides is 1. The first-order valence-electron chi connectivity index (χ1n) is 9.10. The van der Waals surface area contributed by atoms with Crippen molar-refractivity contribution in [3.63, 3.8) is 0 Å². The van der Waals surface area contributed by atoms with E-state index < -0.39 is 0 Å². The molecule has 0 aliphatic heterocycles. The number of benzene rings is 2. The van der Waals surface area contributed by atoms with E-state index in [0.717, 1.165) is 28.2 Å². The lowest BCUT2D eigenvalue weighted by molar-refractivity contribution is -0.123. The van der Waals surface area contributed by atoms with Crippen molar-refractivity contribution in [1.82, 2.24) is 5.32 Å². The predicted octanol–water partition coefficient (Wildman–Crippen LogP) is 4.60. The summed E-state index contributed by atoms with van der Waals surface area (Å²) in [7, 11) is 0. The summed E-state index contributed by atoms with van der Waals surface area (Å²) in [5, 5.41) is 2.89. The van der Waals surface area contributed by atoms with Gasteiger partial charge in [0.15, 0.2) is 6.61 Å². The molecular formula is C22H29NO3. The van der Waals surface area contributed by atoms with Gasteiger partial charge in [-0.3, -0.25) is 4.79 Å². The number of rotatable bonds is 8. The molecule has 0 saturated carbocycles. The van der Waals surface area contributed by atoms with Crippen LogP contribution in [0.5, 0.6) is 11.5 Å². The van der Waals surface area contributed by atoms with Crippen molar-refractivity contribution < 1.29 is 14.3 Å². The third-order valence-electron chi connectivity index (χ3n) is 3.91. The van der Waals surface area contributed by atoms with Gasteiger partial charge in [0.05, 0.1) is 6.10 Å². The van der Waals surface area contributed by atoms with Crippen molar-refractivity contribution in [3.05, 3.63) is 59.2 Å². The van der Waals surface area contributed by atoms with Crippen LogP contribution in [-0.4, -0.2) is 18.6 Å². The summed E-state index contributed by atoms with van der Waals surface area (Å²) in [4.78, 5) is 12.2. The van der Waals surface area contributed by atoms with Gasteiger partial charge < -0.3 is 14.8 Å². The Balaban J connectivity index is 1.89. The van der Waals surface area contributed by atoms with Gasteiger partial charge in [0.2, 0.25) is 0 Å². The number of hydrogen-bond acceptors (Lipinski definition) is 3. The van der Waals surface area contributed by atoms with E-state index in [1.165, 1.54) is 0 Å². The maximum Gasteiger partial charge on any atom is 0.258 e. The van der Waals surface area contributed by atoms with Gasteiger partial charge in [-0.25, -0.2) is 0 Å². The largest absolute Gasteiger partial charge is 0.491 e. The second-order valence-corrected chi connectivity index (χ2v) is 7.08. The summed E-state index contributed by atoms with van der Waals surface area (Å²) in [6, 6.07) is 13.9.